The molecule has 1 fully saturated rings. The summed E-state index contributed by atoms with van der Waals surface area (Å²) in [7, 11) is 0. The van der Waals surface area contributed by atoms with Gasteiger partial charge in [0, 0.05) is 6.04 Å². The van der Waals surface area contributed by atoms with Gasteiger partial charge in [-0.25, -0.2) is 9.59 Å². The van der Waals surface area contributed by atoms with Crippen LogP contribution in [0.1, 0.15) is 35.7 Å². The number of benzene rings is 2. The molecule has 0 heterocycles. The van der Waals surface area contributed by atoms with E-state index in [0.717, 1.165) is 18.4 Å². The van der Waals surface area contributed by atoms with E-state index in [1.165, 1.54) is 6.92 Å². The zero-order valence-corrected chi connectivity index (χ0v) is 15.5. The average Bonchev–Trinajstić information content (AvgIpc) is 3.51. The zero-order chi connectivity index (χ0) is 19.9. The Bertz CT molecular complexity index is 849. The van der Waals surface area contributed by atoms with Crippen molar-refractivity contribution in [2.45, 2.75) is 38.5 Å². The zero-order valence-electron chi connectivity index (χ0n) is 15.5. The summed E-state index contributed by atoms with van der Waals surface area (Å²) in [5, 5.41) is 4.80. The molecule has 0 aliphatic heterocycles. The van der Waals surface area contributed by atoms with Gasteiger partial charge in [0.05, 0.1) is 5.56 Å². The molecule has 1 atom stereocenters. The lowest BCUT2D eigenvalue weighted by molar-refractivity contribution is -0.127. The fourth-order valence-electron chi connectivity index (χ4n) is 2.40. The summed E-state index contributed by atoms with van der Waals surface area (Å²) < 4.78 is 10.8. The van der Waals surface area contributed by atoms with Gasteiger partial charge in [-0.1, -0.05) is 36.4 Å². The number of esters is 1. The minimum absolute atomic E-state index is 0.129. The molecule has 1 aliphatic carbocycles. The largest absolute Gasteiger partial charge is 0.489 e. The van der Waals surface area contributed by atoms with E-state index in [9.17, 15) is 14.4 Å². The van der Waals surface area contributed by atoms with Crippen LogP contribution in [0.25, 0.3) is 0 Å². The van der Waals surface area contributed by atoms with Gasteiger partial charge < -0.3 is 14.8 Å². The number of imide groups is 1. The molecule has 28 heavy (non-hydrogen) atoms. The Kier molecular flexibility index (Phi) is 6.26. The lowest BCUT2D eigenvalue weighted by atomic mass is 10.2. The molecule has 3 amide bonds. The maximum absolute atomic E-state index is 12.3. The van der Waals surface area contributed by atoms with Crippen LogP contribution in [0.15, 0.2) is 54.6 Å². The Hall–Kier alpha value is -3.35. The number of urea groups is 1. The highest BCUT2D eigenvalue weighted by Gasteiger charge is 2.26. The molecule has 1 unspecified atom stereocenters. The number of hydrogen-bond acceptors (Lipinski definition) is 5. The first-order valence-corrected chi connectivity index (χ1v) is 9.10. The van der Waals surface area contributed by atoms with Crippen molar-refractivity contribution < 1.29 is 23.9 Å². The first kappa shape index (κ1) is 19.4. The van der Waals surface area contributed by atoms with Crippen molar-refractivity contribution in [1.29, 1.82) is 0 Å². The van der Waals surface area contributed by atoms with Crippen molar-refractivity contribution in [1.82, 2.24) is 10.6 Å². The van der Waals surface area contributed by atoms with Gasteiger partial charge in [-0.3, -0.25) is 10.1 Å². The van der Waals surface area contributed by atoms with Crippen molar-refractivity contribution in [3.63, 3.8) is 0 Å². The Labute approximate surface area is 163 Å². The predicted octanol–water partition coefficient (Wildman–Crippen LogP) is 2.80. The van der Waals surface area contributed by atoms with Gasteiger partial charge in [-0.2, -0.15) is 0 Å². The third-order valence-electron chi connectivity index (χ3n) is 4.12. The van der Waals surface area contributed by atoms with E-state index in [-0.39, 0.29) is 11.6 Å². The third kappa shape index (κ3) is 5.84. The van der Waals surface area contributed by atoms with E-state index in [2.05, 4.69) is 10.6 Å². The molecule has 0 bridgehead atoms. The highest BCUT2D eigenvalue weighted by Crippen LogP contribution is 2.18. The third-order valence-corrected chi connectivity index (χ3v) is 4.12. The van der Waals surface area contributed by atoms with E-state index in [1.54, 1.807) is 24.3 Å². The monoisotopic (exact) mass is 382 g/mol. The molecule has 0 spiro atoms. The fraction of sp³-hybridized carbons (Fsp3) is 0.286. The Morgan fingerprint density at radius 1 is 1.07 bits per heavy atom. The molecular weight excluding hydrogens is 360 g/mol. The van der Waals surface area contributed by atoms with Crippen LogP contribution in [0.4, 0.5) is 4.79 Å². The first-order valence-electron chi connectivity index (χ1n) is 9.10. The maximum Gasteiger partial charge on any atom is 0.339 e. The van der Waals surface area contributed by atoms with Crippen molar-refractivity contribution in [2.24, 2.45) is 0 Å². The number of hydrogen-bond donors (Lipinski definition) is 2. The molecule has 2 aromatic carbocycles. The van der Waals surface area contributed by atoms with E-state index >= 15 is 0 Å². The molecular formula is C21H22N2O5. The van der Waals surface area contributed by atoms with E-state index < -0.39 is 24.0 Å². The molecule has 0 aromatic heterocycles. The van der Waals surface area contributed by atoms with Crippen LogP contribution in [-0.4, -0.2) is 30.1 Å². The van der Waals surface area contributed by atoms with Gasteiger partial charge in [0.1, 0.15) is 12.4 Å². The quantitative estimate of drug-likeness (QED) is 0.718. The minimum atomic E-state index is -1.11. The molecule has 7 heteroatoms. The number of rotatable bonds is 7. The van der Waals surface area contributed by atoms with Crippen LogP contribution in [0.3, 0.4) is 0 Å². The normalized spacial score (nSPS) is 13.9. The fourth-order valence-corrected chi connectivity index (χ4v) is 2.40. The number of nitrogens with one attached hydrogen (secondary N) is 2. The number of carbonyl (C=O) groups is 3. The lowest BCUT2D eigenvalue weighted by Gasteiger charge is -2.14. The Balaban J connectivity index is 1.51. The summed E-state index contributed by atoms with van der Waals surface area (Å²) in [6, 6.07) is 15.7. The van der Waals surface area contributed by atoms with Crippen LogP contribution in [0, 0.1) is 0 Å². The molecule has 3 rings (SSSR count). The van der Waals surface area contributed by atoms with Crippen LogP contribution >= 0.6 is 0 Å². The second-order valence-corrected chi connectivity index (χ2v) is 6.59. The van der Waals surface area contributed by atoms with Gasteiger partial charge in [-0.05, 0) is 43.5 Å². The van der Waals surface area contributed by atoms with Gasteiger partial charge in [0.25, 0.3) is 5.91 Å². The molecule has 1 aliphatic rings. The molecule has 7 nitrogen and oxygen atoms in total. The molecule has 1 saturated carbocycles. The second kappa shape index (κ2) is 9.03. The van der Waals surface area contributed by atoms with Crippen LogP contribution in [0.5, 0.6) is 5.75 Å². The SMILES string of the molecule is CC(OC(=O)c1cccc(OCc2ccccc2)c1)C(=O)NC(=O)NC1CC1. The highest BCUT2D eigenvalue weighted by molar-refractivity contribution is 5.98. The number of amides is 3. The maximum atomic E-state index is 12.3. The van der Waals surface area contributed by atoms with Gasteiger partial charge in [0.2, 0.25) is 0 Å². The molecule has 2 N–H and O–H groups in total. The first-order chi connectivity index (χ1) is 13.5. The summed E-state index contributed by atoms with van der Waals surface area (Å²) >= 11 is 0. The number of carbonyl (C=O) groups excluding carboxylic acids is 3. The van der Waals surface area contributed by atoms with Crippen molar-refractivity contribution in [3.05, 3.63) is 65.7 Å². The molecule has 0 saturated heterocycles. The topological polar surface area (TPSA) is 93.7 Å². The summed E-state index contributed by atoms with van der Waals surface area (Å²) in [5.41, 5.74) is 1.26. The van der Waals surface area contributed by atoms with Crippen LogP contribution in [-0.2, 0) is 16.1 Å². The molecule has 0 radical (unpaired) electrons. The Morgan fingerprint density at radius 3 is 2.54 bits per heavy atom. The van der Waals surface area contributed by atoms with Crippen LogP contribution < -0.4 is 15.4 Å². The van der Waals surface area contributed by atoms with Crippen molar-refractivity contribution in [2.75, 3.05) is 0 Å². The standard InChI is InChI=1S/C21H22N2O5/c1-14(19(24)23-21(26)22-17-10-11-17)28-20(25)16-8-5-9-18(12-16)27-13-15-6-3-2-4-7-15/h2-9,12,14,17H,10-11,13H2,1H3,(H2,22,23,24,26). The summed E-state index contributed by atoms with van der Waals surface area (Å²) in [5.74, 6) is -0.836. The summed E-state index contributed by atoms with van der Waals surface area (Å²) in [6.45, 7) is 1.78. The van der Waals surface area contributed by atoms with E-state index in [1.807, 2.05) is 30.3 Å². The smallest absolute Gasteiger partial charge is 0.339 e. The van der Waals surface area contributed by atoms with Gasteiger partial charge in [0.15, 0.2) is 6.10 Å². The van der Waals surface area contributed by atoms with Crippen molar-refractivity contribution >= 4 is 17.9 Å². The summed E-state index contributed by atoms with van der Waals surface area (Å²) in [6.07, 6.45) is 0.718. The highest BCUT2D eigenvalue weighted by atomic mass is 16.5. The minimum Gasteiger partial charge on any atom is -0.489 e. The van der Waals surface area contributed by atoms with E-state index in [4.69, 9.17) is 9.47 Å². The van der Waals surface area contributed by atoms with Crippen molar-refractivity contribution in [3.8, 4) is 5.75 Å². The Morgan fingerprint density at radius 2 is 1.82 bits per heavy atom. The predicted molar refractivity (Wildman–Crippen MR) is 102 cm³/mol. The number of ether oxygens (including phenoxy) is 2. The molecule has 146 valence electrons. The average molecular weight is 382 g/mol. The summed E-state index contributed by atoms with van der Waals surface area (Å²) in [4.78, 5) is 35.9. The molecule has 2 aromatic rings. The van der Waals surface area contributed by atoms with Crippen LogP contribution in [0.2, 0.25) is 0 Å². The van der Waals surface area contributed by atoms with Gasteiger partial charge >= 0.3 is 12.0 Å². The second-order valence-electron chi connectivity index (χ2n) is 6.59. The van der Waals surface area contributed by atoms with Gasteiger partial charge in [-0.15, -0.1) is 0 Å². The van der Waals surface area contributed by atoms with E-state index in [0.29, 0.717) is 12.4 Å². The lowest BCUT2D eigenvalue weighted by Crippen LogP contribution is -2.45.